The molecule has 78 valence electrons. The lowest BCUT2D eigenvalue weighted by Crippen LogP contribution is -2.02. The maximum absolute atomic E-state index is 12.3. The highest BCUT2D eigenvalue weighted by molar-refractivity contribution is 8.11. The zero-order valence-corrected chi connectivity index (χ0v) is 8.89. The lowest BCUT2D eigenvalue weighted by Gasteiger charge is -1.95. The van der Waals surface area contributed by atoms with Crippen LogP contribution in [0.5, 0.6) is 0 Å². The number of thioether (sulfide) groups is 1. The van der Waals surface area contributed by atoms with Crippen LogP contribution in [0.25, 0.3) is 0 Å². The molecular formula is C10H14FNOS. The Hall–Kier alpha value is -0.870. The van der Waals surface area contributed by atoms with Gasteiger partial charge >= 0.3 is 0 Å². The van der Waals surface area contributed by atoms with Crippen LogP contribution in [0.2, 0.25) is 0 Å². The number of rotatable bonds is 3. The number of halogens is 1. The Morgan fingerprint density at radius 1 is 1.43 bits per heavy atom. The summed E-state index contributed by atoms with van der Waals surface area (Å²) < 4.78 is 12.3. The number of carbonyl (C=O) groups is 1. The zero-order chi connectivity index (χ0) is 10.8. The summed E-state index contributed by atoms with van der Waals surface area (Å²) in [6.45, 7) is 0.617. The average Bonchev–Trinajstić information content (AvgIpc) is 2.22. The van der Waals surface area contributed by atoms with Gasteiger partial charge in [0.05, 0.1) is 0 Å². The molecule has 0 aliphatic heterocycles. The molecule has 0 fully saturated rings. The topological polar surface area (TPSA) is 43.1 Å². The molecule has 0 bridgehead atoms. The smallest absolute Gasteiger partial charge is 0.175 e. The molecule has 0 spiro atoms. The van der Waals surface area contributed by atoms with Crippen molar-refractivity contribution in [2.75, 3.05) is 12.8 Å². The van der Waals surface area contributed by atoms with Gasteiger partial charge in [-0.2, -0.15) is 0 Å². The van der Waals surface area contributed by atoms with E-state index < -0.39 is 0 Å². The fourth-order valence-electron chi connectivity index (χ4n) is 0.818. The molecule has 1 aromatic carbocycles. The van der Waals surface area contributed by atoms with Gasteiger partial charge < -0.3 is 5.73 Å². The van der Waals surface area contributed by atoms with Crippen molar-refractivity contribution in [2.24, 2.45) is 5.73 Å². The van der Waals surface area contributed by atoms with E-state index in [4.69, 9.17) is 10.5 Å². The van der Waals surface area contributed by atoms with Crippen LogP contribution in [-0.4, -0.2) is 18.4 Å². The fraction of sp³-hybridized carbons (Fsp3) is 0.300. The van der Waals surface area contributed by atoms with Crippen molar-refractivity contribution in [1.29, 1.82) is 0 Å². The highest BCUT2D eigenvalue weighted by Crippen LogP contribution is 2.01. The molecular weight excluding hydrogens is 201 g/mol. The predicted molar refractivity (Wildman–Crippen MR) is 59.4 cm³/mol. The second kappa shape index (κ2) is 8.72. The predicted octanol–water partition coefficient (Wildman–Crippen LogP) is 1.87. The molecule has 0 aliphatic rings. The summed E-state index contributed by atoms with van der Waals surface area (Å²) >= 11 is 1.18. The summed E-state index contributed by atoms with van der Waals surface area (Å²) in [7, 11) is 0. The molecule has 0 heterocycles. The van der Waals surface area contributed by atoms with E-state index in [2.05, 4.69) is 0 Å². The van der Waals surface area contributed by atoms with E-state index in [0.717, 1.165) is 17.6 Å². The maximum Gasteiger partial charge on any atom is 0.175 e. The van der Waals surface area contributed by atoms with Crippen LogP contribution >= 0.6 is 11.8 Å². The molecule has 14 heavy (non-hydrogen) atoms. The van der Waals surface area contributed by atoms with Crippen molar-refractivity contribution in [1.82, 2.24) is 0 Å². The van der Waals surface area contributed by atoms with E-state index in [-0.39, 0.29) is 5.82 Å². The van der Waals surface area contributed by atoms with Gasteiger partial charge in [-0.25, -0.2) is 4.39 Å². The molecule has 0 aliphatic carbocycles. The molecule has 0 atom stereocenters. The minimum Gasteiger partial charge on any atom is -0.330 e. The third-order valence-corrected chi connectivity index (χ3v) is 1.63. The average molecular weight is 215 g/mol. The van der Waals surface area contributed by atoms with Crippen LogP contribution in [0.1, 0.15) is 5.56 Å². The quantitative estimate of drug-likeness (QED) is 0.783. The van der Waals surface area contributed by atoms with Crippen molar-refractivity contribution in [2.45, 2.75) is 6.42 Å². The van der Waals surface area contributed by atoms with Crippen LogP contribution < -0.4 is 5.73 Å². The first-order chi connectivity index (χ1) is 6.74. The first-order valence-corrected chi connectivity index (χ1v) is 5.44. The number of hydrogen-bond donors (Lipinski definition) is 1. The normalized spacial score (nSPS) is 8.79. The molecule has 4 heteroatoms. The summed E-state index contributed by atoms with van der Waals surface area (Å²) in [6.07, 6.45) is 2.55. The van der Waals surface area contributed by atoms with Crippen molar-refractivity contribution >= 4 is 17.4 Å². The van der Waals surface area contributed by atoms with Crippen LogP contribution in [0.4, 0.5) is 4.39 Å². The molecule has 0 radical (unpaired) electrons. The summed E-state index contributed by atoms with van der Waals surface area (Å²) in [6, 6.07) is 6.40. The van der Waals surface area contributed by atoms with Gasteiger partial charge in [-0.1, -0.05) is 23.9 Å². The van der Waals surface area contributed by atoms with Gasteiger partial charge in [-0.15, -0.1) is 0 Å². The number of carbonyl (C=O) groups excluding carboxylic acids is 1. The van der Waals surface area contributed by atoms with Gasteiger partial charge in [-0.05, 0) is 36.9 Å². The SMILES string of the molecule is CSC=O.NCCc1ccc(F)cc1. The van der Waals surface area contributed by atoms with Crippen molar-refractivity contribution in [3.05, 3.63) is 35.6 Å². The molecule has 1 aromatic rings. The van der Waals surface area contributed by atoms with E-state index in [1.807, 2.05) is 0 Å². The summed E-state index contributed by atoms with van der Waals surface area (Å²) in [5, 5.41) is 0. The van der Waals surface area contributed by atoms with E-state index in [9.17, 15) is 4.39 Å². The number of benzene rings is 1. The molecule has 2 nitrogen and oxygen atoms in total. The van der Waals surface area contributed by atoms with Crippen LogP contribution in [-0.2, 0) is 11.2 Å². The third-order valence-electron chi connectivity index (χ3n) is 1.44. The minimum absolute atomic E-state index is 0.194. The van der Waals surface area contributed by atoms with Crippen molar-refractivity contribution in [3.8, 4) is 0 Å². The standard InChI is InChI=1S/C8H10FN.C2H4OS/c9-8-3-1-7(2-4-8)5-6-10;1-4-2-3/h1-4H,5-6,10H2;2H,1H3. The Bertz CT molecular complexity index is 251. The van der Waals surface area contributed by atoms with Crippen molar-refractivity contribution < 1.29 is 9.18 Å². The Labute approximate surface area is 87.7 Å². The van der Waals surface area contributed by atoms with Crippen LogP contribution in [0.3, 0.4) is 0 Å². The summed E-state index contributed by atoms with van der Waals surface area (Å²) in [5.41, 5.74) is 7.18. The molecule has 0 aromatic heterocycles. The van der Waals surface area contributed by atoms with Gasteiger partial charge in [-0.3, -0.25) is 4.79 Å². The molecule has 0 unspecified atom stereocenters. The van der Waals surface area contributed by atoms with E-state index in [1.54, 1.807) is 18.4 Å². The molecule has 1 rings (SSSR count). The number of nitrogens with two attached hydrogens (primary N) is 1. The second-order valence-electron chi connectivity index (χ2n) is 2.50. The lowest BCUT2D eigenvalue weighted by atomic mass is 10.1. The third kappa shape index (κ3) is 6.62. The Morgan fingerprint density at radius 3 is 2.29 bits per heavy atom. The van der Waals surface area contributed by atoms with Gasteiger partial charge in [0.1, 0.15) is 5.82 Å². The number of hydrogen-bond acceptors (Lipinski definition) is 3. The van der Waals surface area contributed by atoms with Crippen LogP contribution in [0, 0.1) is 5.82 Å². The summed E-state index contributed by atoms with van der Waals surface area (Å²) in [4.78, 5) is 9.14. The largest absolute Gasteiger partial charge is 0.330 e. The van der Waals surface area contributed by atoms with Crippen molar-refractivity contribution in [3.63, 3.8) is 0 Å². The van der Waals surface area contributed by atoms with Gasteiger partial charge in [0, 0.05) is 0 Å². The van der Waals surface area contributed by atoms with Gasteiger partial charge in [0.15, 0.2) is 5.62 Å². The molecule has 0 saturated carbocycles. The van der Waals surface area contributed by atoms with Gasteiger partial charge in [0.25, 0.3) is 0 Å². The van der Waals surface area contributed by atoms with E-state index in [1.165, 1.54) is 23.9 Å². The first kappa shape index (κ1) is 13.1. The van der Waals surface area contributed by atoms with E-state index in [0.29, 0.717) is 6.54 Å². The maximum atomic E-state index is 12.3. The minimum atomic E-state index is -0.194. The monoisotopic (exact) mass is 215 g/mol. The molecule has 0 saturated heterocycles. The lowest BCUT2D eigenvalue weighted by molar-refractivity contribution is 0.570. The van der Waals surface area contributed by atoms with Crippen LogP contribution in [0.15, 0.2) is 24.3 Å². The highest BCUT2D eigenvalue weighted by atomic mass is 32.2. The van der Waals surface area contributed by atoms with E-state index >= 15 is 0 Å². The fourth-order valence-corrected chi connectivity index (χ4v) is 0.818. The Kier molecular flexibility index (Phi) is 8.17. The highest BCUT2D eigenvalue weighted by Gasteiger charge is 1.90. The Morgan fingerprint density at radius 2 is 1.93 bits per heavy atom. The molecule has 2 N–H and O–H groups in total. The first-order valence-electron chi connectivity index (χ1n) is 4.15. The Balaban J connectivity index is 0.000000364. The second-order valence-corrected chi connectivity index (χ2v) is 3.16. The zero-order valence-electron chi connectivity index (χ0n) is 8.07. The van der Waals surface area contributed by atoms with Gasteiger partial charge in [0.2, 0.25) is 0 Å². The molecule has 0 amide bonds. The summed E-state index contributed by atoms with van der Waals surface area (Å²) in [5.74, 6) is -0.194.